The van der Waals surface area contributed by atoms with Crippen molar-refractivity contribution in [3.05, 3.63) is 0 Å². The Bertz CT molecular complexity index is 397. The Morgan fingerprint density at radius 3 is 1.78 bits per heavy atom. The topological polar surface area (TPSA) is 104 Å². The first-order chi connectivity index (χ1) is 12.8. The third kappa shape index (κ3) is 17.7. The minimum atomic E-state index is -1.05. The number of carbonyl (C=O) groups is 2. The van der Waals surface area contributed by atoms with Gasteiger partial charge < -0.3 is 33.7 Å². The summed E-state index contributed by atoms with van der Waals surface area (Å²) in [7, 11) is 0. The first-order valence-electron chi connectivity index (χ1n) is 9.27. The molecule has 9 heteroatoms. The smallest absolute Gasteiger partial charge is 0.410 e. The standard InChI is InChI=1S/C18H35NO8/c1-5-8-23-11-13-25-14-12-24-9-6-19(7-10-26-15-16(20)21)17(22)27-18(2,3)4/h5-15H2,1-4H3,(H,20,21). The molecule has 0 bridgehead atoms. The van der Waals surface area contributed by atoms with Gasteiger partial charge >= 0.3 is 12.1 Å². The maximum Gasteiger partial charge on any atom is 0.410 e. The van der Waals surface area contributed by atoms with Crippen LogP contribution in [0.2, 0.25) is 0 Å². The van der Waals surface area contributed by atoms with Crippen LogP contribution in [-0.4, -0.2) is 93.6 Å². The Morgan fingerprint density at radius 2 is 1.30 bits per heavy atom. The molecule has 0 aliphatic rings. The molecule has 0 saturated heterocycles. The molecule has 0 aromatic rings. The van der Waals surface area contributed by atoms with Crippen LogP contribution >= 0.6 is 0 Å². The number of hydrogen-bond acceptors (Lipinski definition) is 7. The summed E-state index contributed by atoms with van der Waals surface area (Å²) < 4.78 is 26.5. The minimum Gasteiger partial charge on any atom is -0.480 e. The first kappa shape index (κ1) is 25.6. The van der Waals surface area contributed by atoms with Crippen molar-refractivity contribution in [3.63, 3.8) is 0 Å². The minimum absolute atomic E-state index is 0.104. The van der Waals surface area contributed by atoms with Crippen molar-refractivity contribution in [3.8, 4) is 0 Å². The van der Waals surface area contributed by atoms with Gasteiger partial charge in [-0.3, -0.25) is 0 Å². The van der Waals surface area contributed by atoms with Gasteiger partial charge in [0.25, 0.3) is 0 Å². The van der Waals surface area contributed by atoms with E-state index in [0.29, 0.717) is 39.6 Å². The van der Waals surface area contributed by atoms with Gasteiger partial charge in [-0.15, -0.1) is 0 Å². The summed E-state index contributed by atoms with van der Waals surface area (Å²) in [6.07, 6.45) is 0.493. The summed E-state index contributed by atoms with van der Waals surface area (Å²) in [4.78, 5) is 24.1. The van der Waals surface area contributed by atoms with E-state index in [2.05, 4.69) is 0 Å². The largest absolute Gasteiger partial charge is 0.480 e. The SMILES string of the molecule is CCCOCCOCCOCCN(CCOCC(=O)O)C(=O)OC(C)(C)C. The molecule has 0 fully saturated rings. The summed E-state index contributed by atoms with van der Waals surface area (Å²) in [6, 6.07) is 0. The van der Waals surface area contributed by atoms with Crippen molar-refractivity contribution in [1.29, 1.82) is 0 Å². The highest BCUT2D eigenvalue weighted by atomic mass is 16.6. The van der Waals surface area contributed by atoms with E-state index in [4.69, 9.17) is 28.8 Å². The molecule has 0 spiro atoms. The molecule has 1 N–H and O–H groups in total. The zero-order chi connectivity index (χ0) is 20.5. The van der Waals surface area contributed by atoms with Crippen LogP contribution in [0.3, 0.4) is 0 Å². The van der Waals surface area contributed by atoms with Crippen molar-refractivity contribution in [2.24, 2.45) is 0 Å². The maximum absolute atomic E-state index is 12.2. The van der Waals surface area contributed by atoms with Gasteiger partial charge in [-0.25, -0.2) is 9.59 Å². The van der Waals surface area contributed by atoms with Crippen molar-refractivity contribution in [2.75, 3.05) is 65.9 Å². The number of carboxylic acid groups (broad SMARTS) is 1. The molecule has 0 radical (unpaired) electrons. The van der Waals surface area contributed by atoms with E-state index in [1.54, 1.807) is 20.8 Å². The maximum atomic E-state index is 12.2. The molecule has 0 aliphatic carbocycles. The average molecular weight is 393 g/mol. The lowest BCUT2D eigenvalue weighted by Gasteiger charge is -2.27. The van der Waals surface area contributed by atoms with Crippen molar-refractivity contribution in [2.45, 2.75) is 39.7 Å². The Hall–Kier alpha value is -1.42. The van der Waals surface area contributed by atoms with Crippen LogP contribution in [0, 0.1) is 0 Å². The molecule has 0 heterocycles. The summed E-state index contributed by atoms with van der Waals surface area (Å²) in [5.74, 6) is -1.05. The predicted octanol–water partition coefficient (Wildman–Crippen LogP) is 1.78. The Morgan fingerprint density at radius 1 is 0.815 bits per heavy atom. The van der Waals surface area contributed by atoms with Crippen LogP contribution in [0.15, 0.2) is 0 Å². The number of aliphatic carboxylic acids is 1. The summed E-state index contributed by atoms with van der Waals surface area (Å²) >= 11 is 0. The van der Waals surface area contributed by atoms with Crippen LogP contribution in [0.25, 0.3) is 0 Å². The first-order valence-corrected chi connectivity index (χ1v) is 9.27. The molecule has 0 aromatic carbocycles. The molecular weight excluding hydrogens is 358 g/mol. The molecule has 160 valence electrons. The van der Waals surface area contributed by atoms with Crippen molar-refractivity contribution < 1.29 is 38.4 Å². The van der Waals surface area contributed by atoms with Crippen molar-refractivity contribution in [1.82, 2.24) is 4.90 Å². The molecule has 0 atom stereocenters. The Balaban J connectivity index is 4.01. The van der Waals surface area contributed by atoms with E-state index >= 15 is 0 Å². The predicted molar refractivity (Wildman–Crippen MR) is 99.0 cm³/mol. The molecule has 1 amide bonds. The van der Waals surface area contributed by atoms with Gasteiger partial charge in [-0.05, 0) is 27.2 Å². The number of rotatable bonds is 16. The highest BCUT2D eigenvalue weighted by Gasteiger charge is 2.21. The van der Waals surface area contributed by atoms with E-state index in [1.807, 2.05) is 6.92 Å². The number of carbonyl (C=O) groups excluding carboxylic acids is 1. The number of hydrogen-bond donors (Lipinski definition) is 1. The third-order valence-corrected chi connectivity index (χ3v) is 2.98. The van der Waals surface area contributed by atoms with E-state index < -0.39 is 24.3 Å². The molecule has 0 aromatic heterocycles. The van der Waals surface area contributed by atoms with Crippen LogP contribution in [-0.2, 0) is 28.5 Å². The lowest BCUT2D eigenvalue weighted by Crippen LogP contribution is -2.40. The van der Waals surface area contributed by atoms with E-state index in [9.17, 15) is 9.59 Å². The normalized spacial score (nSPS) is 11.4. The second kappa shape index (κ2) is 15.6. The van der Waals surface area contributed by atoms with Gasteiger partial charge in [-0.1, -0.05) is 6.92 Å². The van der Waals surface area contributed by atoms with Gasteiger partial charge in [0.15, 0.2) is 0 Å². The summed E-state index contributed by atoms with van der Waals surface area (Å²) in [6.45, 7) is 10.6. The second-order valence-corrected chi connectivity index (χ2v) is 6.75. The molecule has 0 unspecified atom stereocenters. The van der Waals surface area contributed by atoms with Gasteiger partial charge in [0.1, 0.15) is 12.2 Å². The van der Waals surface area contributed by atoms with Crippen LogP contribution in [0.1, 0.15) is 34.1 Å². The second-order valence-electron chi connectivity index (χ2n) is 6.75. The van der Waals surface area contributed by atoms with Crippen LogP contribution in [0.5, 0.6) is 0 Å². The summed E-state index contributed by atoms with van der Waals surface area (Å²) in [5, 5.41) is 8.58. The zero-order valence-corrected chi connectivity index (χ0v) is 17.0. The van der Waals surface area contributed by atoms with Gasteiger partial charge in [0, 0.05) is 19.7 Å². The number of amides is 1. The zero-order valence-electron chi connectivity index (χ0n) is 17.0. The van der Waals surface area contributed by atoms with Gasteiger partial charge in [0.2, 0.25) is 0 Å². The fraction of sp³-hybridized carbons (Fsp3) is 0.889. The highest BCUT2D eigenvalue weighted by molar-refractivity contribution is 5.68. The van der Waals surface area contributed by atoms with Gasteiger partial charge in [0.05, 0.1) is 39.6 Å². The van der Waals surface area contributed by atoms with E-state index in [1.165, 1.54) is 4.90 Å². The molecule has 0 rings (SSSR count). The molecular formula is C18H35NO8. The number of nitrogens with zero attached hydrogens (tertiary/aromatic N) is 1. The molecule has 27 heavy (non-hydrogen) atoms. The molecule has 9 nitrogen and oxygen atoms in total. The highest BCUT2D eigenvalue weighted by Crippen LogP contribution is 2.09. The quantitative estimate of drug-likeness (QED) is 0.396. The van der Waals surface area contributed by atoms with Crippen molar-refractivity contribution >= 4 is 12.1 Å². The summed E-state index contributed by atoms with van der Waals surface area (Å²) in [5.41, 5.74) is -0.619. The lowest BCUT2D eigenvalue weighted by atomic mass is 10.2. The van der Waals surface area contributed by atoms with Gasteiger partial charge in [-0.2, -0.15) is 0 Å². The Labute approximate surface area is 161 Å². The van der Waals surface area contributed by atoms with E-state index in [-0.39, 0.29) is 13.2 Å². The average Bonchev–Trinajstić information content (AvgIpc) is 2.56. The Kier molecular flexibility index (Phi) is 14.8. The lowest BCUT2D eigenvalue weighted by molar-refractivity contribution is -0.142. The fourth-order valence-electron chi connectivity index (χ4n) is 1.82. The molecule has 0 saturated carbocycles. The fourth-order valence-corrected chi connectivity index (χ4v) is 1.82. The van der Waals surface area contributed by atoms with Crippen LogP contribution < -0.4 is 0 Å². The van der Waals surface area contributed by atoms with Crippen LogP contribution in [0.4, 0.5) is 4.79 Å². The molecule has 0 aliphatic heterocycles. The third-order valence-electron chi connectivity index (χ3n) is 2.98. The number of ether oxygens (including phenoxy) is 5. The van der Waals surface area contributed by atoms with E-state index in [0.717, 1.165) is 13.0 Å². The number of carboxylic acids is 1. The monoisotopic (exact) mass is 393 g/mol.